The van der Waals surface area contributed by atoms with Gasteiger partial charge in [0.2, 0.25) is 0 Å². The second kappa shape index (κ2) is 8.61. The van der Waals surface area contributed by atoms with Crippen LogP contribution < -0.4 is 14.8 Å². The van der Waals surface area contributed by atoms with Gasteiger partial charge < -0.3 is 19.3 Å². The summed E-state index contributed by atoms with van der Waals surface area (Å²) >= 11 is 0. The summed E-state index contributed by atoms with van der Waals surface area (Å²) in [7, 11) is 1.61. The van der Waals surface area contributed by atoms with Gasteiger partial charge in [0, 0.05) is 0 Å². The SMILES string of the molecule is COc1cccc(C(C)NC(=O)c2noc(C)c2COc2ccc(C)cc2)c1. The Kier molecular flexibility index (Phi) is 5.99. The van der Waals surface area contributed by atoms with Crippen molar-refractivity contribution in [1.82, 2.24) is 10.5 Å². The first-order chi connectivity index (χ1) is 13.5. The third-order valence-corrected chi connectivity index (χ3v) is 4.55. The number of hydrogen-bond donors (Lipinski definition) is 1. The number of nitrogens with zero attached hydrogens (tertiary/aromatic N) is 1. The quantitative estimate of drug-likeness (QED) is 0.659. The van der Waals surface area contributed by atoms with Crippen molar-refractivity contribution in [1.29, 1.82) is 0 Å². The molecule has 0 saturated heterocycles. The van der Waals surface area contributed by atoms with Gasteiger partial charge in [-0.05, 0) is 50.6 Å². The molecule has 1 atom stereocenters. The Labute approximate surface area is 164 Å². The number of carbonyl (C=O) groups excluding carboxylic acids is 1. The Bertz CT molecular complexity index is 947. The van der Waals surface area contributed by atoms with E-state index in [-0.39, 0.29) is 24.2 Å². The fraction of sp³-hybridized carbons (Fsp3) is 0.273. The standard InChI is InChI=1S/C22H24N2O4/c1-14-8-10-18(11-9-14)27-13-20-16(3)28-24-21(20)22(25)23-15(2)17-6-5-7-19(12-17)26-4/h5-12,15H,13H2,1-4H3,(H,23,25). The van der Waals surface area contributed by atoms with Crippen molar-refractivity contribution in [3.63, 3.8) is 0 Å². The number of aryl methyl sites for hydroxylation is 2. The van der Waals surface area contributed by atoms with Crippen LogP contribution in [0.15, 0.2) is 53.1 Å². The summed E-state index contributed by atoms with van der Waals surface area (Å²) in [5.74, 6) is 1.71. The summed E-state index contributed by atoms with van der Waals surface area (Å²) in [4.78, 5) is 12.8. The smallest absolute Gasteiger partial charge is 0.274 e. The van der Waals surface area contributed by atoms with Gasteiger partial charge in [-0.2, -0.15) is 0 Å². The van der Waals surface area contributed by atoms with Crippen molar-refractivity contribution in [2.45, 2.75) is 33.4 Å². The van der Waals surface area contributed by atoms with Crippen LogP contribution in [0.25, 0.3) is 0 Å². The van der Waals surface area contributed by atoms with E-state index >= 15 is 0 Å². The highest BCUT2D eigenvalue weighted by molar-refractivity contribution is 5.94. The molecule has 0 saturated carbocycles. The second-order valence-electron chi connectivity index (χ2n) is 6.64. The molecule has 0 aliphatic carbocycles. The van der Waals surface area contributed by atoms with Gasteiger partial charge in [0.15, 0.2) is 5.69 Å². The first kappa shape index (κ1) is 19.5. The van der Waals surface area contributed by atoms with Crippen molar-refractivity contribution in [2.75, 3.05) is 7.11 Å². The Morgan fingerprint density at radius 3 is 2.61 bits per heavy atom. The number of amides is 1. The van der Waals surface area contributed by atoms with E-state index in [1.807, 2.05) is 62.4 Å². The molecular formula is C22H24N2O4. The van der Waals surface area contributed by atoms with E-state index in [0.717, 1.165) is 22.6 Å². The lowest BCUT2D eigenvalue weighted by molar-refractivity contribution is 0.0928. The van der Waals surface area contributed by atoms with Crippen molar-refractivity contribution < 1.29 is 18.8 Å². The first-order valence-corrected chi connectivity index (χ1v) is 9.07. The molecule has 0 bridgehead atoms. The first-order valence-electron chi connectivity index (χ1n) is 9.07. The average Bonchev–Trinajstić information content (AvgIpc) is 3.08. The number of benzene rings is 2. The predicted molar refractivity (Wildman–Crippen MR) is 106 cm³/mol. The lowest BCUT2D eigenvalue weighted by Crippen LogP contribution is -2.28. The summed E-state index contributed by atoms with van der Waals surface area (Å²) in [5, 5.41) is 6.88. The number of ether oxygens (including phenoxy) is 2. The van der Waals surface area contributed by atoms with E-state index in [0.29, 0.717) is 11.3 Å². The van der Waals surface area contributed by atoms with E-state index in [2.05, 4.69) is 10.5 Å². The minimum atomic E-state index is -0.310. The lowest BCUT2D eigenvalue weighted by Gasteiger charge is -2.15. The largest absolute Gasteiger partial charge is 0.497 e. The van der Waals surface area contributed by atoms with E-state index in [1.165, 1.54) is 0 Å². The maximum atomic E-state index is 12.8. The Morgan fingerprint density at radius 1 is 1.14 bits per heavy atom. The fourth-order valence-corrected chi connectivity index (χ4v) is 2.79. The minimum Gasteiger partial charge on any atom is -0.497 e. The lowest BCUT2D eigenvalue weighted by atomic mass is 10.1. The van der Waals surface area contributed by atoms with E-state index in [9.17, 15) is 4.79 Å². The molecule has 0 aliphatic heterocycles. The van der Waals surface area contributed by atoms with Gasteiger partial charge in [0.05, 0.1) is 18.7 Å². The van der Waals surface area contributed by atoms with Crippen LogP contribution in [0.5, 0.6) is 11.5 Å². The molecule has 2 aromatic carbocycles. The average molecular weight is 380 g/mol. The number of nitrogens with one attached hydrogen (secondary N) is 1. The molecule has 6 nitrogen and oxygen atoms in total. The van der Waals surface area contributed by atoms with Crippen LogP contribution in [0.4, 0.5) is 0 Å². The highest BCUT2D eigenvalue weighted by Crippen LogP contribution is 2.21. The number of rotatable bonds is 7. The van der Waals surface area contributed by atoms with Crippen LogP contribution in [0.3, 0.4) is 0 Å². The second-order valence-corrected chi connectivity index (χ2v) is 6.64. The minimum absolute atomic E-state index is 0.203. The van der Waals surface area contributed by atoms with E-state index < -0.39 is 0 Å². The van der Waals surface area contributed by atoms with Gasteiger partial charge in [-0.1, -0.05) is 35.0 Å². The van der Waals surface area contributed by atoms with Gasteiger partial charge in [-0.15, -0.1) is 0 Å². The molecule has 0 fully saturated rings. The molecule has 3 aromatic rings. The molecule has 1 N–H and O–H groups in total. The van der Waals surface area contributed by atoms with Gasteiger partial charge in [0.1, 0.15) is 23.9 Å². The topological polar surface area (TPSA) is 73.6 Å². The molecule has 0 radical (unpaired) electrons. The molecular weight excluding hydrogens is 356 g/mol. The van der Waals surface area contributed by atoms with Gasteiger partial charge in [0.25, 0.3) is 5.91 Å². The normalized spacial score (nSPS) is 11.7. The van der Waals surface area contributed by atoms with Crippen LogP contribution >= 0.6 is 0 Å². The highest BCUT2D eigenvalue weighted by atomic mass is 16.5. The van der Waals surface area contributed by atoms with Crippen LogP contribution in [-0.4, -0.2) is 18.2 Å². The highest BCUT2D eigenvalue weighted by Gasteiger charge is 2.22. The van der Waals surface area contributed by atoms with Crippen LogP contribution in [-0.2, 0) is 6.61 Å². The Hall–Kier alpha value is -3.28. The summed E-state index contributed by atoms with van der Waals surface area (Å²) in [6, 6.07) is 15.1. The molecule has 6 heteroatoms. The zero-order valence-corrected chi connectivity index (χ0v) is 16.5. The maximum Gasteiger partial charge on any atom is 0.274 e. The summed E-state index contributed by atoms with van der Waals surface area (Å²) in [5.41, 5.74) is 2.96. The van der Waals surface area contributed by atoms with Gasteiger partial charge >= 0.3 is 0 Å². The fourth-order valence-electron chi connectivity index (χ4n) is 2.79. The molecule has 28 heavy (non-hydrogen) atoms. The van der Waals surface area contributed by atoms with Crippen molar-refractivity contribution in [2.24, 2.45) is 0 Å². The third-order valence-electron chi connectivity index (χ3n) is 4.55. The monoisotopic (exact) mass is 380 g/mol. The molecule has 3 rings (SSSR count). The van der Waals surface area contributed by atoms with E-state index in [4.69, 9.17) is 14.0 Å². The molecule has 1 heterocycles. The van der Waals surface area contributed by atoms with Crippen LogP contribution in [0.2, 0.25) is 0 Å². The summed E-state index contributed by atoms with van der Waals surface area (Å²) in [6.07, 6.45) is 0. The van der Waals surface area contributed by atoms with Gasteiger partial charge in [-0.3, -0.25) is 4.79 Å². The zero-order valence-electron chi connectivity index (χ0n) is 16.5. The summed E-state index contributed by atoms with van der Waals surface area (Å²) < 4.78 is 16.3. The maximum absolute atomic E-state index is 12.8. The number of methoxy groups -OCH3 is 1. The number of aromatic nitrogens is 1. The Morgan fingerprint density at radius 2 is 1.89 bits per heavy atom. The van der Waals surface area contributed by atoms with Crippen molar-refractivity contribution in [3.05, 3.63) is 76.7 Å². The molecule has 0 spiro atoms. The molecule has 1 unspecified atom stereocenters. The molecule has 0 aliphatic rings. The van der Waals surface area contributed by atoms with Crippen molar-refractivity contribution in [3.8, 4) is 11.5 Å². The Balaban J connectivity index is 1.70. The third kappa shape index (κ3) is 4.52. The molecule has 1 amide bonds. The van der Waals surface area contributed by atoms with Gasteiger partial charge in [-0.25, -0.2) is 0 Å². The molecule has 1 aromatic heterocycles. The molecule has 146 valence electrons. The van der Waals surface area contributed by atoms with Crippen LogP contribution in [0.1, 0.15) is 45.9 Å². The predicted octanol–water partition coefficient (Wildman–Crippen LogP) is 4.37. The number of hydrogen-bond acceptors (Lipinski definition) is 5. The van der Waals surface area contributed by atoms with Crippen LogP contribution in [0, 0.1) is 13.8 Å². The number of carbonyl (C=O) groups is 1. The van der Waals surface area contributed by atoms with Crippen molar-refractivity contribution >= 4 is 5.91 Å². The van der Waals surface area contributed by atoms with E-state index in [1.54, 1.807) is 14.0 Å². The zero-order chi connectivity index (χ0) is 20.1. The summed E-state index contributed by atoms with van der Waals surface area (Å²) in [6.45, 7) is 5.89.